The summed E-state index contributed by atoms with van der Waals surface area (Å²) in [6, 6.07) is 7.45. The number of H-pyrrole nitrogens is 1. The van der Waals surface area contributed by atoms with E-state index >= 15 is 0 Å². The summed E-state index contributed by atoms with van der Waals surface area (Å²) in [5, 5.41) is 9.56. The largest absolute Gasteiger partial charge is 0.391 e. The van der Waals surface area contributed by atoms with Crippen molar-refractivity contribution in [3.63, 3.8) is 0 Å². The number of rotatable bonds is 4. The molecule has 18 heavy (non-hydrogen) atoms. The lowest BCUT2D eigenvalue weighted by molar-refractivity contribution is 0.279. The molecular formula is C12H11ClN2O2S. The van der Waals surface area contributed by atoms with Gasteiger partial charge in [-0.25, -0.2) is 4.98 Å². The van der Waals surface area contributed by atoms with Gasteiger partial charge in [-0.3, -0.25) is 4.79 Å². The van der Waals surface area contributed by atoms with Gasteiger partial charge in [0.05, 0.1) is 17.9 Å². The second-order valence-electron chi connectivity index (χ2n) is 3.58. The van der Waals surface area contributed by atoms with Crippen molar-refractivity contribution in [2.24, 2.45) is 0 Å². The first-order chi connectivity index (χ1) is 8.69. The van der Waals surface area contributed by atoms with Gasteiger partial charge in [-0.2, -0.15) is 0 Å². The third-order valence-corrected chi connectivity index (χ3v) is 3.56. The van der Waals surface area contributed by atoms with Gasteiger partial charge in [0.25, 0.3) is 5.56 Å². The minimum absolute atomic E-state index is 0.273. The van der Waals surface area contributed by atoms with Crippen LogP contribution < -0.4 is 5.56 Å². The van der Waals surface area contributed by atoms with Gasteiger partial charge in [-0.1, -0.05) is 11.6 Å². The van der Waals surface area contributed by atoms with E-state index in [9.17, 15) is 4.79 Å². The maximum absolute atomic E-state index is 11.4. The topological polar surface area (TPSA) is 66.0 Å². The highest BCUT2D eigenvalue weighted by Gasteiger charge is 2.02. The van der Waals surface area contributed by atoms with Gasteiger partial charge in [0.1, 0.15) is 5.82 Å². The summed E-state index contributed by atoms with van der Waals surface area (Å²) >= 11 is 7.34. The Morgan fingerprint density at radius 1 is 1.33 bits per heavy atom. The molecule has 0 saturated carbocycles. The number of nitrogens with one attached hydrogen (secondary N) is 1. The van der Waals surface area contributed by atoms with Crippen molar-refractivity contribution in [3.05, 3.63) is 57.2 Å². The van der Waals surface area contributed by atoms with Gasteiger partial charge in [0.2, 0.25) is 0 Å². The molecule has 0 aliphatic rings. The maximum atomic E-state index is 11.4. The molecule has 0 unspecified atom stereocenters. The molecule has 2 rings (SSSR count). The van der Waals surface area contributed by atoms with Crippen LogP contribution in [0.2, 0.25) is 5.02 Å². The first-order valence-electron chi connectivity index (χ1n) is 5.25. The van der Waals surface area contributed by atoms with Crippen LogP contribution in [0.5, 0.6) is 0 Å². The summed E-state index contributed by atoms with van der Waals surface area (Å²) in [6.07, 6.45) is 1.40. The van der Waals surface area contributed by atoms with Crippen LogP contribution in [0.1, 0.15) is 11.4 Å². The molecule has 0 radical (unpaired) electrons. The van der Waals surface area contributed by atoms with Crippen LogP contribution in [0, 0.1) is 0 Å². The minimum Gasteiger partial charge on any atom is -0.391 e. The second kappa shape index (κ2) is 6.04. The van der Waals surface area contributed by atoms with Crippen LogP contribution in [-0.2, 0) is 12.4 Å². The zero-order valence-corrected chi connectivity index (χ0v) is 11.0. The van der Waals surface area contributed by atoms with Crippen LogP contribution in [-0.4, -0.2) is 15.1 Å². The molecule has 0 amide bonds. The van der Waals surface area contributed by atoms with E-state index in [0.29, 0.717) is 16.6 Å². The van der Waals surface area contributed by atoms with Crippen LogP contribution in [0.3, 0.4) is 0 Å². The number of hydrogen-bond acceptors (Lipinski definition) is 4. The quantitative estimate of drug-likeness (QED) is 0.844. The lowest BCUT2D eigenvalue weighted by Gasteiger charge is -2.02. The fraction of sp³-hybridized carbons (Fsp3) is 0.167. The predicted octanol–water partition coefficient (Wildman–Crippen LogP) is 2.21. The highest BCUT2D eigenvalue weighted by atomic mass is 35.5. The molecule has 2 aromatic rings. The number of aliphatic hydroxyl groups excluding tert-OH is 1. The molecule has 0 saturated heterocycles. The smallest absolute Gasteiger partial charge is 0.256 e. The molecule has 0 spiro atoms. The maximum Gasteiger partial charge on any atom is 0.256 e. The van der Waals surface area contributed by atoms with Gasteiger partial charge in [0.15, 0.2) is 0 Å². The summed E-state index contributed by atoms with van der Waals surface area (Å²) in [4.78, 5) is 19.2. The van der Waals surface area contributed by atoms with Gasteiger partial charge in [-0.05, 0) is 24.3 Å². The van der Waals surface area contributed by atoms with Crippen molar-refractivity contribution in [3.8, 4) is 0 Å². The average Bonchev–Trinajstić information content (AvgIpc) is 2.38. The van der Waals surface area contributed by atoms with Crippen molar-refractivity contribution >= 4 is 23.4 Å². The molecule has 0 aliphatic carbocycles. The van der Waals surface area contributed by atoms with Crippen molar-refractivity contribution in [1.29, 1.82) is 0 Å². The first kappa shape index (κ1) is 13.1. The van der Waals surface area contributed by atoms with E-state index in [1.165, 1.54) is 6.20 Å². The van der Waals surface area contributed by atoms with E-state index in [0.717, 1.165) is 4.90 Å². The number of aromatic nitrogens is 2. The summed E-state index contributed by atoms with van der Waals surface area (Å²) in [5.41, 5.74) is -0.0190. The molecular weight excluding hydrogens is 272 g/mol. The Morgan fingerprint density at radius 3 is 2.67 bits per heavy atom. The Labute approximate surface area is 113 Å². The fourth-order valence-electron chi connectivity index (χ4n) is 1.33. The standard InChI is InChI=1S/C12H11ClN2O2S/c13-9-1-3-10(4-2-9)18-7-11-14-5-8(6-16)12(17)15-11/h1-5,16H,6-7H2,(H,14,15,17). The molecule has 0 atom stereocenters. The van der Waals surface area contributed by atoms with Gasteiger partial charge in [-0.15, -0.1) is 11.8 Å². The van der Waals surface area contributed by atoms with E-state index in [1.807, 2.05) is 24.3 Å². The summed E-state index contributed by atoms with van der Waals surface area (Å²) < 4.78 is 0. The number of aromatic amines is 1. The molecule has 1 aromatic heterocycles. The van der Waals surface area contributed by atoms with Crippen molar-refractivity contribution in [1.82, 2.24) is 9.97 Å². The number of nitrogens with zero attached hydrogens (tertiary/aromatic N) is 1. The zero-order valence-electron chi connectivity index (χ0n) is 9.39. The Morgan fingerprint density at radius 2 is 2.06 bits per heavy atom. The predicted molar refractivity (Wildman–Crippen MR) is 71.8 cm³/mol. The Hall–Kier alpha value is -1.30. The van der Waals surface area contributed by atoms with Crippen LogP contribution >= 0.6 is 23.4 Å². The molecule has 4 nitrogen and oxygen atoms in total. The molecule has 0 aliphatic heterocycles. The summed E-state index contributed by atoms with van der Waals surface area (Å²) in [6.45, 7) is -0.299. The lowest BCUT2D eigenvalue weighted by atomic mass is 10.3. The second-order valence-corrected chi connectivity index (χ2v) is 5.07. The number of halogens is 1. The third kappa shape index (κ3) is 3.35. The molecule has 0 bridgehead atoms. The van der Waals surface area contributed by atoms with E-state index < -0.39 is 0 Å². The Kier molecular flexibility index (Phi) is 4.41. The Balaban J connectivity index is 2.04. The zero-order chi connectivity index (χ0) is 13.0. The number of benzene rings is 1. The van der Waals surface area contributed by atoms with Crippen molar-refractivity contribution < 1.29 is 5.11 Å². The van der Waals surface area contributed by atoms with Crippen LogP contribution in [0.4, 0.5) is 0 Å². The third-order valence-electron chi connectivity index (χ3n) is 2.29. The van der Waals surface area contributed by atoms with Crippen molar-refractivity contribution in [2.75, 3.05) is 0 Å². The molecule has 94 valence electrons. The van der Waals surface area contributed by atoms with E-state index in [-0.39, 0.29) is 17.7 Å². The van der Waals surface area contributed by atoms with Gasteiger partial charge >= 0.3 is 0 Å². The number of thioether (sulfide) groups is 1. The van der Waals surface area contributed by atoms with Crippen molar-refractivity contribution in [2.45, 2.75) is 17.3 Å². The average molecular weight is 283 g/mol. The highest BCUT2D eigenvalue weighted by Crippen LogP contribution is 2.22. The van der Waals surface area contributed by atoms with Gasteiger partial charge in [0, 0.05) is 16.1 Å². The highest BCUT2D eigenvalue weighted by molar-refractivity contribution is 7.98. The lowest BCUT2D eigenvalue weighted by Crippen LogP contribution is -2.15. The van der Waals surface area contributed by atoms with Crippen LogP contribution in [0.25, 0.3) is 0 Å². The van der Waals surface area contributed by atoms with Crippen LogP contribution in [0.15, 0.2) is 40.2 Å². The Bertz CT molecular complexity index is 583. The molecule has 0 fully saturated rings. The number of hydrogen-bond donors (Lipinski definition) is 2. The fourth-order valence-corrected chi connectivity index (χ4v) is 2.23. The van der Waals surface area contributed by atoms with Gasteiger partial charge < -0.3 is 10.1 Å². The molecule has 1 aromatic carbocycles. The summed E-state index contributed by atoms with van der Waals surface area (Å²) in [7, 11) is 0. The minimum atomic E-state index is -0.299. The SMILES string of the molecule is O=c1[nH]c(CSc2ccc(Cl)cc2)ncc1CO. The van der Waals surface area contributed by atoms with E-state index in [4.69, 9.17) is 16.7 Å². The monoisotopic (exact) mass is 282 g/mol. The summed E-state index contributed by atoms with van der Waals surface area (Å²) in [5.74, 6) is 1.14. The molecule has 2 N–H and O–H groups in total. The van der Waals surface area contributed by atoms with E-state index in [1.54, 1.807) is 11.8 Å². The normalized spacial score (nSPS) is 10.6. The number of aliphatic hydroxyl groups is 1. The van der Waals surface area contributed by atoms with E-state index in [2.05, 4.69) is 9.97 Å². The molecule has 6 heteroatoms. The first-order valence-corrected chi connectivity index (χ1v) is 6.61. The molecule has 1 heterocycles.